The van der Waals surface area contributed by atoms with E-state index in [-0.39, 0.29) is 12.1 Å². The van der Waals surface area contributed by atoms with Crippen LogP contribution in [0.15, 0.2) is 36.7 Å². The van der Waals surface area contributed by atoms with Gasteiger partial charge in [0.2, 0.25) is 0 Å². The number of fused-ring (bicyclic) bond motifs is 1. The zero-order chi connectivity index (χ0) is 14.7. The summed E-state index contributed by atoms with van der Waals surface area (Å²) in [7, 11) is 0. The van der Waals surface area contributed by atoms with Gasteiger partial charge in [0.1, 0.15) is 6.61 Å². The quantitative estimate of drug-likeness (QED) is 0.917. The van der Waals surface area contributed by atoms with Crippen LogP contribution in [0.5, 0.6) is 11.5 Å². The highest BCUT2D eigenvalue weighted by molar-refractivity contribution is 5.41. The second kappa shape index (κ2) is 6.18. The molecule has 1 aliphatic heterocycles. The van der Waals surface area contributed by atoms with Crippen LogP contribution < -0.4 is 14.8 Å². The fraction of sp³-hybridized carbons (Fsp3) is 0.438. The topological polar surface area (TPSA) is 48.3 Å². The van der Waals surface area contributed by atoms with Crippen LogP contribution >= 0.6 is 0 Å². The molecular weight excluding hydrogens is 266 g/mol. The van der Waals surface area contributed by atoms with Gasteiger partial charge in [-0.3, -0.25) is 4.68 Å². The molecule has 0 spiro atoms. The van der Waals surface area contributed by atoms with Crippen molar-refractivity contribution >= 4 is 0 Å². The molecule has 0 aliphatic carbocycles. The molecule has 2 heterocycles. The molecule has 1 aliphatic rings. The van der Waals surface area contributed by atoms with Crippen LogP contribution in [-0.2, 0) is 6.54 Å². The Morgan fingerprint density at radius 3 is 2.86 bits per heavy atom. The van der Waals surface area contributed by atoms with Crippen LogP contribution in [0.25, 0.3) is 0 Å². The summed E-state index contributed by atoms with van der Waals surface area (Å²) < 4.78 is 13.9. The van der Waals surface area contributed by atoms with Crippen molar-refractivity contribution in [1.82, 2.24) is 15.1 Å². The predicted octanol–water partition coefficient (Wildman–Crippen LogP) is 2.39. The largest absolute Gasteiger partial charge is 0.486 e. The highest BCUT2D eigenvalue weighted by Crippen LogP contribution is 2.34. The third-order valence-corrected chi connectivity index (χ3v) is 3.66. The van der Waals surface area contributed by atoms with Gasteiger partial charge in [0, 0.05) is 18.3 Å². The Morgan fingerprint density at radius 2 is 2.14 bits per heavy atom. The van der Waals surface area contributed by atoms with E-state index in [0.29, 0.717) is 6.61 Å². The fourth-order valence-corrected chi connectivity index (χ4v) is 2.60. The van der Waals surface area contributed by atoms with Crippen LogP contribution in [0.1, 0.15) is 25.5 Å². The minimum Gasteiger partial charge on any atom is -0.486 e. The molecule has 5 nitrogen and oxygen atoms in total. The number of benzene rings is 1. The van der Waals surface area contributed by atoms with E-state index in [1.54, 1.807) is 0 Å². The first-order valence-corrected chi connectivity index (χ1v) is 7.46. The maximum atomic E-state index is 6.12. The number of aromatic nitrogens is 2. The second-order valence-corrected chi connectivity index (χ2v) is 5.08. The van der Waals surface area contributed by atoms with Crippen LogP contribution in [0, 0.1) is 0 Å². The van der Waals surface area contributed by atoms with Gasteiger partial charge in [-0.25, -0.2) is 0 Å². The summed E-state index contributed by atoms with van der Waals surface area (Å²) in [5.41, 5.74) is 1.13. The molecule has 2 unspecified atom stereocenters. The summed E-state index contributed by atoms with van der Waals surface area (Å²) in [5, 5.41) is 7.84. The van der Waals surface area contributed by atoms with E-state index in [1.165, 1.54) is 0 Å². The zero-order valence-electron chi connectivity index (χ0n) is 12.5. The maximum Gasteiger partial charge on any atom is 0.161 e. The number of para-hydroxylation sites is 2. The summed E-state index contributed by atoms with van der Waals surface area (Å²) in [6.45, 7) is 6.43. The summed E-state index contributed by atoms with van der Waals surface area (Å²) >= 11 is 0. The average molecular weight is 287 g/mol. The minimum atomic E-state index is -0.0608. The normalized spacial score (nSPS) is 18.5. The third-order valence-electron chi connectivity index (χ3n) is 3.66. The number of ether oxygens (including phenoxy) is 2. The van der Waals surface area contributed by atoms with Gasteiger partial charge < -0.3 is 14.8 Å². The van der Waals surface area contributed by atoms with Crippen LogP contribution in [0.2, 0.25) is 0 Å². The van der Waals surface area contributed by atoms with Gasteiger partial charge in [0.15, 0.2) is 17.6 Å². The summed E-state index contributed by atoms with van der Waals surface area (Å²) in [6.07, 6.45) is 3.91. The molecule has 1 aromatic carbocycles. The smallest absolute Gasteiger partial charge is 0.161 e. The molecule has 5 heteroatoms. The average Bonchev–Trinajstić information content (AvgIpc) is 3.01. The fourth-order valence-electron chi connectivity index (χ4n) is 2.60. The van der Waals surface area contributed by atoms with Gasteiger partial charge in [-0.2, -0.15) is 5.10 Å². The molecule has 21 heavy (non-hydrogen) atoms. The van der Waals surface area contributed by atoms with Crippen LogP contribution in [0.4, 0.5) is 0 Å². The number of nitrogens with zero attached hydrogens (tertiary/aromatic N) is 2. The first-order chi connectivity index (χ1) is 10.3. The Balaban J connectivity index is 1.82. The molecule has 1 N–H and O–H groups in total. The van der Waals surface area contributed by atoms with Crippen molar-refractivity contribution in [3.63, 3.8) is 0 Å². The van der Waals surface area contributed by atoms with Gasteiger partial charge in [-0.05, 0) is 25.6 Å². The van der Waals surface area contributed by atoms with Crippen molar-refractivity contribution in [2.24, 2.45) is 0 Å². The lowest BCUT2D eigenvalue weighted by molar-refractivity contribution is 0.0621. The Kier molecular flexibility index (Phi) is 4.10. The molecule has 0 bridgehead atoms. The van der Waals surface area contributed by atoms with E-state index in [0.717, 1.165) is 30.2 Å². The van der Waals surface area contributed by atoms with Gasteiger partial charge in [-0.15, -0.1) is 0 Å². The van der Waals surface area contributed by atoms with E-state index < -0.39 is 0 Å². The summed E-state index contributed by atoms with van der Waals surface area (Å²) in [5.74, 6) is 1.62. The molecule has 0 saturated heterocycles. The molecule has 0 amide bonds. The van der Waals surface area contributed by atoms with E-state index in [2.05, 4.69) is 30.5 Å². The van der Waals surface area contributed by atoms with E-state index in [9.17, 15) is 0 Å². The number of hydrogen-bond acceptors (Lipinski definition) is 4. The Bertz CT molecular complexity index is 597. The van der Waals surface area contributed by atoms with E-state index in [4.69, 9.17) is 9.47 Å². The van der Waals surface area contributed by atoms with Crippen LogP contribution in [-0.4, -0.2) is 29.0 Å². The van der Waals surface area contributed by atoms with Gasteiger partial charge in [-0.1, -0.05) is 19.1 Å². The number of rotatable bonds is 5. The van der Waals surface area contributed by atoms with Gasteiger partial charge >= 0.3 is 0 Å². The monoisotopic (exact) mass is 287 g/mol. The lowest BCUT2D eigenvalue weighted by Crippen LogP contribution is -2.41. The highest BCUT2D eigenvalue weighted by Gasteiger charge is 2.30. The van der Waals surface area contributed by atoms with Crippen molar-refractivity contribution in [2.45, 2.75) is 32.5 Å². The lowest BCUT2D eigenvalue weighted by Gasteiger charge is -2.32. The van der Waals surface area contributed by atoms with Crippen molar-refractivity contribution in [1.29, 1.82) is 0 Å². The first-order valence-electron chi connectivity index (χ1n) is 7.46. The molecule has 0 fully saturated rings. The SMILES string of the molecule is CCNC(c1cnn(CC)c1)C1COc2ccccc2O1. The Morgan fingerprint density at radius 1 is 1.33 bits per heavy atom. The van der Waals surface area contributed by atoms with E-state index in [1.807, 2.05) is 35.1 Å². The van der Waals surface area contributed by atoms with Gasteiger partial charge in [0.05, 0.1) is 12.2 Å². The highest BCUT2D eigenvalue weighted by atomic mass is 16.6. The summed E-state index contributed by atoms with van der Waals surface area (Å²) in [6, 6.07) is 7.86. The van der Waals surface area contributed by atoms with Crippen molar-refractivity contribution in [3.05, 3.63) is 42.2 Å². The zero-order valence-corrected chi connectivity index (χ0v) is 12.5. The lowest BCUT2D eigenvalue weighted by atomic mass is 10.0. The first kappa shape index (κ1) is 13.9. The maximum absolute atomic E-state index is 6.12. The molecule has 1 aromatic heterocycles. The molecule has 2 aromatic rings. The van der Waals surface area contributed by atoms with Crippen molar-refractivity contribution < 1.29 is 9.47 Å². The minimum absolute atomic E-state index is 0.0608. The predicted molar refractivity (Wildman–Crippen MR) is 80.7 cm³/mol. The standard InChI is InChI=1S/C16H21N3O2/c1-3-17-16(12-9-18-19(4-2)10-12)15-11-20-13-7-5-6-8-14(13)21-15/h5-10,15-17H,3-4,11H2,1-2H3. The molecule has 0 saturated carbocycles. The number of hydrogen-bond donors (Lipinski definition) is 1. The van der Waals surface area contributed by atoms with Crippen molar-refractivity contribution in [2.75, 3.05) is 13.2 Å². The molecule has 112 valence electrons. The summed E-state index contributed by atoms with van der Waals surface area (Å²) in [4.78, 5) is 0. The number of likely N-dealkylation sites (N-methyl/N-ethyl adjacent to an activating group) is 1. The van der Waals surface area contributed by atoms with Crippen LogP contribution in [0.3, 0.4) is 0 Å². The molecule has 0 radical (unpaired) electrons. The molecule has 3 rings (SSSR count). The van der Waals surface area contributed by atoms with Gasteiger partial charge in [0.25, 0.3) is 0 Å². The Labute approximate surface area is 124 Å². The second-order valence-electron chi connectivity index (χ2n) is 5.08. The van der Waals surface area contributed by atoms with Crippen molar-refractivity contribution in [3.8, 4) is 11.5 Å². The number of aryl methyl sites for hydroxylation is 1. The molecular formula is C16H21N3O2. The molecule has 2 atom stereocenters. The number of nitrogens with one attached hydrogen (secondary N) is 1. The van der Waals surface area contributed by atoms with E-state index >= 15 is 0 Å². The Hall–Kier alpha value is -2.01. The third kappa shape index (κ3) is 2.88.